The summed E-state index contributed by atoms with van der Waals surface area (Å²) in [5.74, 6) is -0.319. The Morgan fingerprint density at radius 3 is 2.14 bits per heavy atom. The first kappa shape index (κ1) is 11.1. The topological polar surface area (TPSA) is 63.4 Å². The summed E-state index contributed by atoms with van der Waals surface area (Å²) in [7, 11) is 0. The molecule has 1 atom stereocenters. The van der Waals surface area contributed by atoms with Gasteiger partial charge in [0.2, 0.25) is 11.8 Å². The molecule has 1 heterocycles. The Morgan fingerprint density at radius 2 is 1.79 bits per heavy atom. The summed E-state index contributed by atoms with van der Waals surface area (Å²) in [5, 5.41) is 0. The van der Waals surface area contributed by atoms with E-state index in [-0.39, 0.29) is 16.8 Å². The zero-order valence-electron chi connectivity index (χ0n) is 8.16. The number of amides is 2. The number of carbonyl (C=O) groups is 2. The predicted octanol–water partition coefficient (Wildman–Crippen LogP) is 0.590. The molecule has 14 heavy (non-hydrogen) atoms. The lowest BCUT2D eigenvalue weighted by atomic mass is 10.2. The fourth-order valence-electron chi connectivity index (χ4n) is 1.49. The lowest BCUT2D eigenvalue weighted by Crippen LogP contribution is -2.47. The molecule has 1 rings (SSSR count). The maximum absolute atomic E-state index is 11.6. The van der Waals surface area contributed by atoms with Crippen LogP contribution in [0.1, 0.15) is 32.6 Å². The summed E-state index contributed by atoms with van der Waals surface area (Å²) in [4.78, 5) is 24.5. The quantitative estimate of drug-likeness (QED) is 0.540. The molecule has 0 bridgehead atoms. The minimum Gasteiger partial charge on any atom is -0.392 e. The van der Waals surface area contributed by atoms with Crippen LogP contribution < -0.4 is 5.73 Å². The van der Waals surface area contributed by atoms with E-state index in [0.717, 1.165) is 12.8 Å². The van der Waals surface area contributed by atoms with Gasteiger partial charge in [-0.15, -0.1) is 0 Å². The van der Waals surface area contributed by atoms with Gasteiger partial charge in [0.15, 0.2) is 0 Å². The van der Waals surface area contributed by atoms with E-state index in [1.807, 2.05) is 0 Å². The standard InChI is InChI=1S/C9H14N2O2S/c1-6(9(10)14)11-7(12)4-2-3-5-8(11)13/h6H,2-5H2,1H3,(H2,10,14). The second kappa shape index (κ2) is 4.50. The van der Waals surface area contributed by atoms with E-state index in [4.69, 9.17) is 18.0 Å². The summed E-state index contributed by atoms with van der Waals surface area (Å²) in [6, 6.07) is -0.455. The molecule has 0 saturated carbocycles. The van der Waals surface area contributed by atoms with Crippen LogP contribution in [-0.2, 0) is 9.59 Å². The number of rotatable bonds is 2. The molecule has 1 unspecified atom stereocenters. The van der Waals surface area contributed by atoms with Crippen molar-refractivity contribution >= 4 is 29.0 Å². The molecule has 4 nitrogen and oxygen atoms in total. The van der Waals surface area contributed by atoms with Crippen LogP contribution in [0.4, 0.5) is 0 Å². The Kier molecular flexibility index (Phi) is 3.57. The Labute approximate surface area is 88.4 Å². The minimum atomic E-state index is -0.455. The van der Waals surface area contributed by atoms with Crippen LogP contribution in [-0.4, -0.2) is 27.7 Å². The maximum atomic E-state index is 11.6. The zero-order valence-corrected chi connectivity index (χ0v) is 8.97. The number of carbonyl (C=O) groups excluding carboxylic acids is 2. The average molecular weight is 214 g/mol. The van der Waals surface area contributed by atoms with Crippen molar-refractivity contribution in [3.63, 3.8) is 0 Å². The van der Waals surface area contributed by atoms with Gasteiger partial charge in [0.05, 0.1) is 11.0 Å². The number of likely N-dealkylation sites (tertiary alicyclic amines) is 1. The summed E-state index contributed by atoms with van der Waals surface area (Å²) < 4.78 is 0. The monoisotopic (exact) mass is 214 g/mol. The first-order valence-electron chi connectivity index (χ1n) is 4.68. The van der Waals surface area contributed by atoms with Crippen LogP contribution in [0.2, 0.25) is 0 Å². The van der Waals surface area contributed by atoms with Crippen LogP contribution in [0.15, 0.2) is 0 Å². The van der Waals surface area contributed by atoms with Gasteiger partial charge in [-0.3, -0.25) is 14.5 Å². The second-order valence-corrected chi connectivity index (χ2v) is 3.91. The van der Waals surface area contributed by atoms with Crippen molar-refractivity contribution in [1.82, 2.24) is 4.90 Å². The van der Waals surface area contributed by atoms with E-state index >= 15 is 0 Å². The molecule has 78 valence electrons. The van der Waals surface area contributed by atoms with Gasteiger partial charge >= 0.3 is 0 Å². The van der Waals surface area contributed by atoms with Crippen LogP contribution in [0.25, 0.3) is 0 Å². The van der Waals surface area contributed by atoms with Gasteiger partial charge in [0, 0.05) is 12.8 Å². The molecule has 5 heteroatoms. The van der Waals surface area contributed by atoms with Crippen LogP contribution >= 0.6 is 12.2 Å². The first-order valence-corrected chi connectivity index (χ1v) is 5.09. The average Bonchev–Trinajstić information content (AvgIpc) is 2.26. The highest BCUT2D eigenvalue weighted by atomic mass is 32.1. The molecule has 1 aliphatic heterocycles. The molecule has 2 amide bonds. The summed E-state index contributed by atoms with van der Waals surface area (Å²) in [6.45, 7) is 1.68. The number of thiocarbonyl (C=S) groups is 1. The highest BCUT2D eigenvalue weighted by Crippen LogP contribution is 2.15. The second-order valence-electron chi connectivity index (χ2n) is 3.44. The molecule has 1 saturated heterocycles. The molecule has 1 aliphatic rings. The SMILES string of the molecule is CC(C(N)=S)N1C(=O)CCCCC1=O. The summed E-state index contributed by atoms with van der Waals surface area (Å²) in [5.41, 5.74) is 5.43. The van der Waals surface area contributed by atoms with Crippen LogP contribution in [0.3, 0.4) is 0 Å². The Bertz CT molecular complexity index is 260. The third-order valence-corrected chi connectivity index (χ3v) is 2.71. The van der Waals surface area contributed by atoms with Crippen LogP contribution in [0, 0.1) is 0 Å². The number of imide groups is 1. The predicted molar refractivity (Wildman–Crippen MR) is 56.6 cm³/mol. The van der Waals surface area contributed by atoms with Gasteiger partial charge in [-0.25, -0.2) is 0 Å². The maximum Gasteiger partial charge on any atom is 0.229 e. The van der Waals surface area contributed by atoms with Gasteiger partial charge in [0.25, 0.3) is 0 Å². The Balaban J connectivity index is 2.84. The molecule has 0 radical (unpaired) electrons. The number of hydrogen-bond donors (Lipinski definition) is 1. The fraction of sp³-hybridized carbons (Fsp3) is 0.667. The summed E-state index contributed by atoms with van der Waals surface area (Å²) >= 11 is 4.78. The number of hydrogen-bond acceptors (Lipinski definition) is 3. The van der Waals surface area contributed by atoms with Crippen molar-refractivity contribution in [2.75, 3.05) is 0 Å². The molecule has 1 fully saturated rings. The Hall–Kier alpha value is -0.970. The van der Waals surface area contributed by atoms with Crippen LogP contribution in [0.5, 0.6) is 0 Å². The molecule has 0 aromatic carbocycles. The van der Waals surface area contributed by atoms with Crippen molar-refractivity contribution in [2.45, 2.75) is 38.6 Å². The normalized spacial score (nSPS) is 20.5. The highest BCUT2D eigenvalue weighted by Gasteiger charge is 2.29. The first-order chi connectivity index (χ1) is 6.54. The van der Waals surface area contributed by atoms with E-state index < -0.39 is 6.04 Å². The number of nitrogens with two attached hydrogens (primary N) is 1. The molecular weight excluding hydrogens is 200 g/mol. The highest BCUT2D eigenvalue weighted by molar-refractivity contribution is 7.80. The zero-order chi connectivity index (χ0) is 10.7. The third kappa shape index (κ3) is 2.29. The van der Waals surface area contributed by atoms with Crippen molar-refractivity contribution < 1.29 is 9.59 Å². The van der Waals surface area contributed by atoms with Crippen molar-refractivity contribution in [3.8, 4) is 0 Å². The summed E-state index contributed by atoms with van der Waals surface area (Å²) in [6.07, 6.45) is 2.37. The van der Waals surface area contributed by atoms with Crippen molar-refractivity contribution in [1.29, 1.82) is 0 Å². The van der Waals surface area contributed by atoms with Crippen molar-refractivity contribution in [2.24, 2.45) is 5.73 Å². The van der Waals surface area contributed by atoms with E-state index in [1.54, 1.807) is 6.92 Å². The van der Waals surface area contributed by atoms with E-state index in [1.165, 1.54) is 4.90 Å². The van der Waals surface area contributed by atoms with Gasteiger partial charge < -0.3 is 5.73 Å². The fourth-order valence-corrected chi connectivity index (χ4v) is 1.60. The van der Waals surface area contributed by atoms with Gasteiger partial charge in [-0.2, -0.15) is 0 Å². The molecule has 0 spiro atoms. The number of nitrogens with zero attached hydrogens (tertiary/aromatic N) is 1. The lowest BCUT2D eigenvalue weighted by Gasteiger charge is -2.24. The molecule has 0 aromatic heterocycles. The largest absolute Gasteiger partial charge is 0.392 e. The van der Waals surface area contributed by atoms with E-state index in [0.29, 0.717) is 12.8 Å². The van der Waals surface area contributed by atoms with Gasteiger partial charge in [-0.1, -0.05) is 12.2 Å². The van der Waals surface area contributed by atoms with Gasteiger partial charge in [0.1, 0.15) is 0 Å². The third-order valence-electron chi connectivity index (χ3n) is 2.37. The molecule has 2 N–H and O–H groups in total. The minimum absolute atomic E-state index is 0.159. The van der Waals surface area contributed by atoms with Crippen molar-refractivity contribution in [3.05, 3.63) is 0 Å². The van der Waals surface area contributed by atoms with E-state index in [9.17, 15) is 9.59 Å². The molecular formula is C9H14N2O2S. The Morgan fingerprint density at radius 1 is 1.36 bits per heavy atom. The molecule has 0 aliphatic carbocycles. The van der Waals surface area contributed by atoms with E-state index in [2.05, 4.69) is 0 Å². The van der Waals surface area contributed by atoms with Gasteiger partial charge in [-0.05, 0) is 19.8 Å². The molecule has 0 aromatic rings. The lowest BCUT2D eigenvalue weighted by molar-refractivity contribution is -0.144. The smallest absolute Gasteiger partial charge is 0.229 e.